The van der Waals surface area contributed by atoms with Crippen molar-refractivity contribution in [2.75, 3.05) is 0 Å². The fourth-order valence-electron chi connectivity index (χ4n) is 2.88. The average molecular weight is 666 g/mol. The molecular weight excluding hydrogens is 648 g/mol. The van der Waals surface area contributed by atoms with Crippen molar-refractivity contribution in [1.82, 2.24) is 20.0 Å². The molecule has 0 bridgehead atoms. The summed E-state index contributed by atoms with van der Waals surface area (Å²) in [5.41, 5.74) is 1.23. The lowest BCUT2D eigenvalue weighted by molar-refractivity contribution is -0.387. The van der Waals surface area contributed by atoms with Gasteiger partial charge in [0.2, 0.25) is 5.82 Å². The van der Waals surface area contributed by atoms with E-state index < -0.39 is 33.2 Å². The second-order valence-corrected chi connectivity index (χ2v) is 9.35. The second kappa shape index (κ2) is 12.7. The van der Waals surface area contributed by atoms with Crippen LogP contribution in [-0.2, 0) is 6.18 Å². The number of hydrogen-bond donors (Lipinski definition) is 1. The highest BCUT2D eigenvalue weighted by Gasteiger charge is 2.33. The minimum Gasteiger partial charge on any atom is -0.282 e. The minimum absolute atomic E-state index is 0.0329. The lowest BCUT2D eigenvalue weighted by Gasteiger charge is -2.05. The molecule has 0 aliphatic rings. The van der Waals surface area contributed by atoms with Crippen LogP contribution >= 0.6 is 31.9 Å². The van der Waals surface area contributed by atoms with Crippen molar-refractivity contribution in [3.05, 3.63) is 106 Å². The summed E-state index contributed by atoms with van der Waals surface area (Å²) in [6.45, 7) is 5.24. The van der Waals surface area contributed by atoms with E-state index in [2.05, 4.69) is 47.2 Å². The Morgan fingerprint density at radius 2 is 1.45 bits per heavy atom. The smallest absolute Gasteiger partial charge is 0.282 e. The first kappa shape index (κ1) is 30.6. The molecule has 38 heavy (non-hydrogen) atoms. The van der Waals surface area contributed by atoms with Gasteiger partial charge < -0.3 is 0 Å². The molecule has 10 nitrogen and oxygen atoms in total. The van der Waals surface area contributed by atoms with E-state index in [0.29, 0.717) is 20.3 Å². The van der Waals surface area contributed by atoms with Crippen molar-refractivity contribution in [3.63, 3.8) is 0 Å². The zero-order chi connectivity index (χ0) is 28.8. The molecule has 16 heteroatoms. The number of hydrogen-bond acceptors (Lipinski definition) is 6. The molecule has 4 rings (SSSR count). The molecule has 2 aromatic carbocycles. The molecule has 1 N–H and O–H groups in total. The lowest BCUT2D eigenvalue weighted by Crippen LogP contribution is -2.04. The van der Waals surface area contributed by atoms with E-state index in [9.17, 15) is 37.8 Å². The molecule has 0 aliphatic carbocycles. The molecule has 0 atom stereocenters. The zero-order valence-corrected chi connectivity index (χ0v) is 22.9. The maximum Gasteiger partial charge on any atom is 0.435 e. The third-order valence-corrected chi connectivity index (χ3v) is 5.46. The van der Waals surface area contributed by atoms with E-state index in [4.69, 9.17) is 0 Å². The molecule has 0 unspecified atom stereocenters. The fourth-order valence-corrected chi connectivity index (χ4v) is 3.58. The molecule has 4 aromatic rings. The van der Waals surface area contributed by atoms with Crippen molar-refractivity contribution in [2.45, 2.75) is 26.9 Å². The first-order chi connectivity index (χ1) is 17.6. The Balaban J connectivity index is 0.000000211. The number of aryl methyl sites for hydroxylation is 3. The predicted octanol–water partition coefficient (Wildman–Crippen LogP) is 7.39. The Kier molecular flexibility index (Phi) is 10.2. The quantitative estimate of drug-likeness (QED) is 0.138. The number of halogens is 6. The monoisotopic (exact) mass is 664 g/mol. The van der Waals surface area contributed by atoms with Crippen molar-refractivity contribution < 1.29 is 27.4 Å². The van der Waals surface area contributed by atoms with Gasteiger partial charge in [-0.15, -0.1) is 0 Å². The summed E-state index contributed by atoms with van der Waals surface area (Å²) < 4.78 is 50.5. The number of benzene rings is 2. The lowest BCUT2D eigenvalue weighted by atomic mass is 10.2. The minimum atomic E-state index is -4.33. The van der Waals surface area contributed by atoms with Crippen LogP contribution in [0.2, 0.25) is 0 Å². The largest absolute Gasteiger partial charge is 0.435 e. The van der Waals surface area contributed by atoms with Gasteiger partial charge in [0.25, 0.3) is 5.69 Å². The van der Waals surface area contributed by atoms with Crippen LogP contribution in [0.3, 0.4) is 0 Å². The van der Waals surface area contributed by atoms with E-state index in [1.165, 1.54) is 19.1 Å². The highest BCUT2D eigenvalue weighted by Crippen LogP contribution is 2.28. The maximum absolute atomic E-state index is 12.6. The normalized spacial score (nSPS) is 10.7. The summed E-state index contributed by atoms with van der Waals surface area (Å²) in [5, 5.41) is 30.6. The van der Waals surface area contributed by atoms with E-state index in [1.807, 2.05) is 19.9 Å². The number of aromatic nitrogens is 4. The van der Waals surface area contributed by atoms with Gasteiger partial charge in [-0.1, -0.05) is 31.9 Å². The SMILES string of the molecule is Cc1cc(C(F)(F)F)n[nH]1.Cc1cc(C)n(-c2ccc(Br)cc2[N+](=O)[O-])n1.O=[N+]([O-])c1cc(Br)ccc1F. The van der Waals surface area contributed by atoms with Gasteiger partial charge in [0, 0.05) is 32.5 Å². The van der Waals surface area contributed by atoms with Gasteiger partial charge in [0.15, 0.2) is 5.69 Å². The molecule has 0 aliphatic heterocycles. The Morgan fingerprint density at radius 1 is 0.895 bits per heavy atom. The third kappa shape index (κ3) is 8.44. The topological polar surface area (TPSA) is 133 Å². The fraction of sp³-hybridized carbons (Fsp3) is 0.182. The zero-order valence-electron chi connectivity index (χ0n) is 19.8. The van der Waals surface area contributed by atoms with Gasteiger partial charge in [-0.05, 0) is 57.2 Å². The van der Waals surface area contributed by atoms with Crippen molar-refractivity contribution >= 4 is 43.2 Å². The maximum atomic E-state index is 12.6. The van der Waals surface area contributed by atoms with Crippen LogP contribution < -0.4 is 0 Å². The van der Waals surface area contributed by atoms with E-state index >= 15 is 0 Å². The molecule has 202 valence electrons. The van der Waals surface area contributed by atoms with Crippen LogP contribution in [0, 0.1) is 46.8 Å². The number of aromatic amines is 1. The van der Waals surface area contributed by atoms with E-state index in [-0.39, 0.29) is 5.69 Å². The summed E-state index contributed by atoms with van der Waals surface area (Å²) in [7, 11) is 0. The first-order valence-corrected chi connectivity index (χ1v) is 11.8. The molecule has 0 radical (unpaired) electrons. The van der Waals surface area contributed by atoms with E-state index in [1.54, 1.807) is 16.8 Å². The molecule has 0 saturated heterocycles. The Labute approximate surface area is 229 Å². The average Bonchev–Trinajstić information content (AvgIpc) is 3.40. The first-order valence-electron chi connectivity index (χ1n) is 10.3. The number of rotatable bonds is 3. The molecule has 0 spiro atoms. The standard InChI is InChI=1S/C11H10BrN3O2.C6H3BrFNO2.C5H5F3N2/c1-7-5-8(2)14(13-7)10-4-3-9(12)6-11(10)15(16)17;7-4-1-2-5(8)6(3-4)9(10)11;1-3-2-4(10-9-3)5(6,7)8/h3-6H,1-2H3;1-3H;2H,1H3,(H,9,10). The van der Waals surface area contributed by atoms with Gasteiger partial charge in [-0.25, -0.2) is 4.68 Å². The molecule has 0 saturated carbocycles. The summed E-state index contributed by atoms with van der Waals surface area (Å²) in [5.74, 6) is -0.821. The molecule has 2 aromatic heterocycles. The molecule has 0 fully saturated rings. The Bertz CT molecular complexity index is 1460. The van der Waals surface area contributed by atoms with Crippen LogP contribution in [0.25, 0.3) is 5.69 Å². The Hall–Kier alpha value is -3.66. The van der Waals surface area contributed by atoms with Gasteiger partial charge >= 0.3 is 11.9 Å². The van der Waals surface area contributed by atoms with Gasteiger partial charge in [-0.2, -0.15) is 27.8 Å². The van der Waals surface area contributed by atoms with Gasteiger partial charge in [-0.3, -0.25) is 25.3 Å². The highest BCUT2D eigenvalue weighted by atomic mass is 79.9. The predicted molar refractivity (Wildman–Crippen MR) is 136 cm³/mol. The summed E-state index contributed by atoms with van der Waals surface area (Å²) >= 11 is 6.22. The second-order valence-electron chi connectivity index (χ2n) is 7.52. The molecule has 2 heterocycles. The molecular formula is C22H18Br2F4N6O4. The van der Waals surface area contributed by atoms with Crippen LogP contribution in [0.4, 0.5) is 28.9 Å². The number of nitrogens with one attached hydrogen (secondary N) is 1. The number of alkyl halides is 3. The Morgan fingerprint density at radius 3 is 1.84 bits per heavy atom. The summed E-state index contributed by atoms with van der Waals surface area (Å²) in [6.07, 6.45) is -4.33. The van der Waals surface area contributed by atoms with Gasteiger partial charge in [0.1, 0.15) is 5.69 Å². The number of H-pyrrole nitrogens is 1. The van der Waals surface area contributed by atoms with Gasteiger partial charge in [0.05, 0.1) is 15.5 Å². The van der Waals surface area contributed by atoms with Crippen LogP contribution in [0.15, 0.2) is 57.5 Å². The number of nitrogens with zero attached hydrogens (tertiary/aromatic N) is 5. The highest BCUT2D eigenvalue weighted by molar-refractivity contribution is 9.10. The summed E-state index contributed by atoms with van der Waals surface area (Å²) in [6, 6.07) is 11.3. The number of nitro groups is 2. The van der Waals surface area contributed by atoms with Crippen molar-refractivity contribution in [1.29, 1.82) is 0 Å². The van der Waals surface area contributed by atoms with Crippen LogP contribution in [0.5, 0.6) is 0 Å². The van der Waals surface area contributed by atoms with Crippen molar-refractivity contribution in [3.8, 4) is 5.69 Å². The molecule has 0 amide bonds. The number of nitro benzene ring substituents is 2. The van der Waals surface area contributed by atoms with E-state index in [0.717, 1.165) is 29.6 Å². The van der Waals surface area contributed by atoms with Crippen LogP contribution in [0.1, 0.15) is 22.8 Å². The van der Waals surface area contributed by atoms with Crippen LogP contribution in [-0.4, -0.2) is 29.8 Å². The third-order valence-electron chi connectivity index (χ3n) is 4.47. The summed E-state index contributed by atoms with van der Waals surface area (Å²) in [4.78, 5) is 20.0. The van der Waals surface area contributed by atoms with Crippen molar-refractivity contribution in [2.24, 2.45) is 0 Å².